The van der Waals surface area contributed by atoms with Crippen LogP contribution in [0.25, 0.3) is 5.32 Å². The van der Waals surface area contributed by atoms with Gasteiger partial charge in [0.25, 0.3) is 0 Å². The summed E-state index contributed by atoms with van der Waals surface area (Å²) in [6, 6.07) is 12.5. The SMILES string of the molecule is C1C[N-]CCCNC1.Cl.Cl.[Ti+2].[c-]1ccccc1. The van der Waals surface area contributed by atoms with Crippen molar-refractivity contribution >= 4 is 24.8 Å². The van der Waals surface area contributed by atoms with Crippen molar-refractivity contribution in [1.82, 2.24) is 5.32 Å². The van der Waals surface area contributed by atoms with E-state index < -0.39 is 0 Å². The topological polar surface area (TPSA) is 26.1 Å². The molecule has 17 heavy (non-hydrogen) atoms. The Labute approximate surface area is 132 Å². The van der Waals surface area contributed by atoms with Crippen LogP contribution in [-0.2, 0) is 21.7 Å². The van der Waals surface area contributed by atoms with Gasteiger partial charge in [0.2, 0.25) is 0 Å². The number of nitrogens with zero attached hydrogens (tertiary/aromatic N) is 1. The normalized spacial score (nSPS) is 14.1. The number of halogens is 2. The molecule has 1 aromatic carbocycles. The first-order valence-electron chi connectivity index (χ1n) is 5.25. The van der Waals surface area contributed by atoms with Gasteiger partial charge in [-0.1, -0.05) is 12.8 Å². The number of benzene rings is 1. The molecule has 0 amide bonds. The van der Waals surface area contributed by atoms with E-state index in [-0.39, 0.29) is 46.5 Å². The summed E-state index contributed by atoms with van der Waals surface area (Å²) in [5.41, 5.74) is 0. The van der Waals surface area contributed by atoms with E-state index in [2.05, 4.69) is 16.7 Å². The molecule has 0 bridgehead atoms. The van der Waals surface area contributed by atoms with Crippen LogP contribution < -0.4 is 5.32 Å². The van der Waals surface area contributed by atoms with Crippen LogP contribution in [0.3, 0.4) is 0 Å². The summed E-state index contributed by atoms with van der Waals surface area (Å²) in [7, 11) is 0. The predicted molar refractivity (Wildman–Crippen MR) is 75.0 cm³/mol. The molecule has 0 saturated carbocycles. The number of hydrogen-bond acceptors (Lipinski definition) is 1. The molecule has 0 atom stereocenters. The van der Waals surface area contributed by atoms with Crippen molar-refractivity contribution in [2.75, 3.05) is 26.2 Å². The van der Waals surface area contributed by atoms with Gasteiger partial charge in [0.15, 0.2) is 0 Å². The van der Waals surface area contributed by atoms with Crippen LogP contribution in [0.5, 0.6) is 0 Å². The maximum Gasteiger partial charge on any atom is 2.00 e. The summed E-state index contributed by atoms with van der Waals surface area (Å²) >= 11 is 0. The van der Waals surface area contributed by atoms with Gasteiger partial charge in [0, 0.05) is 0 Å². The van der Waals surface area contributed by atoms with Gasteiger partial charge < -0.3 is 10.6 Å². The Morgan fingerprint density at radius 2 is 1.41 bits per heavy atom. The summed E-state index contributed by atoms with van der Waals surface area (Å²) in [5.74, 6) is 0. The summed E-state index contributed by atoms with van der Waals surface area (Å²) in [5, 5.41) is 7.62. The molecule has 0 aromatic heterocycles. The Morgan fingerprint density at radius 3 is 1.76 bits per heavy atom. The summed E-state index contributed by atoms with van der Waals surface area (Å²) in [4.78, 5) is 0. The molecular formula is C12H20Cl2N2Ti. The van der Waals surface area contributed by atoms with Crippen LogP contribution in [0.1, 0.15) is 12.8 Å². The molecule has 1 saturated heterocycles. The molecule has 1 fully saturated rings. The fourth-order valence-corrected chi connectivity index (χ4v) is 1.21. The molecule has 1 aliphatic heterocycles. The smallest absolute Gasteiger partial charge is 0.662 e. The Bertz CT molecular complexity index is 162. The monoisotopic (exact) mass is 310 g/mol. The third kappa shape index (κ3) is 16.4. The van der Waals surface area contributed by atoms with Crippen molar-refractivity contribution in [2.24, 2.45) is 0 Å². The van der Waals surface area contributed by atoms with Crippen molar-refractivity contribution in [3.8, 4) is 0 Å². The third-order valence-electron chi connectivity index (χ3n) is 1.95. The van der Waals surface area contributed by atoms with Crippen LogP contribution in [-0.4, -0.2) is 26.2 Å². The molecular weight excluding hydrogens is 291 g/mol. The second-order valence-corrected chi connectivity index (χ2v) is 3.21. The third-order valence-corrected chi connectivity index (χ3v) is 1.95. The van der Waals surface area contributed by atoms with Gasteiger partial charge in [-0.2, -0.15) is 36.4 Å². The first-order chi connectivity index (χ1) is 7.00. The minimum absolute atomic E-state index is 0. The molecule has 0 radical (unpaired) electrons. The average molecular weight is 311 g/mol. The first-order valence-corrected chi connectivity index (χ1v) is 5.25. The van der Waals surface area contributed by atoms with Crippen LogP contribution >= 0.6 is 24.8 Å². The van der Waals surface area contributed by atoms with Gasteiger partial charge in [-0.25, -0.2) is 0 Å². The molecule has 0 aliphatic carbocycles. The maximum atomic E-state index is 4.29. The summed E-state index contributed by atoms with van der Waals surface area (Å²) in [6.07, 6.45) is 2.44. The van der Waals surface area contributed by atoms with Crippen molar-refractivity contribution in [1.29, 1.82) is 0 Å². The number of hydrogen-bond donors (Lipinski definition) is 1. The van der Waals surface area contributed by atoms with Crippen LogP contribution in [0.2, 0.25) is 0 Å². The van der Waals surface area contributed by atoms with E-state index >= 15 is 0 Å². The van der Waals surface area contributed by atoms with Crippen molar-refractivity contribution in [3.63, 3.8) is 0 Å². The number of nitrogens with one attached hydrogen (secondary N) is 1. The van der Waals surface area contributed by atoms with Crippen molar-refractivity contribution in [3.05, 3.63) is 41.7 Å². The van der Waals surface area contributed by atoms with Crippen LogP contribution in [0.4, 0.5) is 0 Å². The first kappa shape index (κ1) is 22.6. The molecule has 0 spiro atoms. The quantitative estimate of drug-likeness (QED) is 0.578. The van der Waals surface area contributed by atoms with E-state index in [1.165, 1.54) is 12.8 Å². The molecule has 1 heterocycles. The molecule has 5 heteroatoms. The molecule has 2 rings (SSSR count). The fourth-order valence-electron chi connectivity index (χ4n) is 1.21. The average Bonchev–Trinajstić information content (AvgIpc) is 2.20. The standard InChI is InChI=1S/C6H13N2.C6H5.2ClH.Ti/c1-3-7-5-2-6-8-4-1;1-2-4-6-5-3-1;;;/h7H,1-6H2;1-5H;2*1H;/q2*-1;;;+2. The molecule has 0 unspecified atom stereocenters. The van der Waals surface area contributed by atoms with Gasteiger partial charge in [-0.15, -0.1) is 37.9 Å². The molecule has 1 aromatic rings. The van der Waals surface area contributed by atoms with E-state index in [4.69, 9.17) is 0 Å². The van der Waals surface area contributed by atoms with Gasteiger partial charge in [-0.05, 0) is 13.1 Å². The Hall–Kier alpha value is 0.434. The van der Waals surface area contributed by atoms with Crippen LogP contribution in [0.15, 0.2) is 30.3 Å². The fraction of sp³-hybridized carbons (Fsp3) is 0.500. The van der Waals surface area contributed by atoms with E-state index in [1.54, 1.807) is 0 Å². The zero-order valence-corrected chi connectivity index (χ0v) is 13.1. The minimum Gasteiger partial charge on any atom is -0.662 e. The second-order valence-electron chi connectivity index (χ2n) is 3.21. The Balaban J connectivity index is -0.000000201. The molecule has 2 nitrogen and oxygen atoms in total. The number of rotatable bonds is 0. The van der Waals surface area contributed by atoms with Gasteiger partial charge in [0.05, 0.1) is 0 Å². The van der Waals surface area contributed by atoms with Crippen LogP contribution in [0, 0.1) is 6.07 Å². The molecule has 1 aliphatic rings. The van der Waals surface area contributed by atoms with E-state index in [9.17, 15) is 0 Å². The molecule has 1 N–H and O–H groups in total. The van der Waals surface area contributed by atoms with Crippen molar-refractivity contribution in [2.45, 2.75) is 12.8 Å². The van der Waals surface area contributed by atoms with E-state index in [0.717, 1.165) is 26.2 Å². The van der Waals surface area contributed by atoms with Gasteiger partial charge in [-0.3, -0.25) is 0 Å². The van der Waals surface area contributed by atoms with Gasteiger partial charge >= 0.3 is 21.7 Å². The van der Waals surface area contributed by atoms with E-state index in [1.807, 2.05) is 30.3 Å². The van der Waals surface area contributed by atoms with Gasteiger partial charge in [0.1, 0.15) is 0 Å². The minimum atomic E-state index is 0. The summed E-state index contributed by atoms with van der Waals surface area (Å²) < 4.78 is 0. The second kappa shape index (κ2) is 18.8. The molecule has 96 valence electrons. The maximum absolute atomic E-state index is 4.29. The van der Waals surface area contributed by atoms with Crippen molar-refractivity contribution < 1.29 is 21.7 Å². The van der Waals surface area contributed by atoms with E-state index in [0.29, 0.717) is 0 Å². The zero-order valence-electron chi connectivity index (χ0n) is 9.89. The largest absolute Gasteiger partial charge is 2.00 e. The predicted octanol–water partition coefficient (Wildman–Crippen LogP) is 3.07. The summed E-state index contributed by atoms with van der Waals surface area (Å²) in [6.45, 7) is 4.44. The Morgan fingerprint density at radius 1 is 0.882 bits per heavy atom. The Kier molecular flexibility index (Phi) is 25.0. The zero-order chi connectivity index (χ0) is 9.90.